The third kappa shape index (κ3) is 5.96. The fourth-order valence-electron chi connectivity index (χ4n) is 2.91. The molecule has 1 fully saturated rings. The first-order valence-electron chi connectivity index (χ1n) is 8.90. The molecule has 2 rings (SSSR count). The maximum absolute atomic E-state index is 12.1. The number of carbonyl (C=O) groups excluding carboxylic acids is 2. The number of benzene rings is 1. The average Bonchev–Trinajstić information content (AvgIpc) is 2.60. The summed E-state index contributed by atoms with van der Waals surface area (Å²) in [5, 5.41) is 5.93. The number of nitrogens with zero attached hydrogens (tertiary/aromatic N) is 1. The molecule has 5 heteroatoms. The van der Waals surface area contributed by atoms with E-state index < -0.39 is 0 Å². The number of rotatable bonds is 7. The van der Waals surface area contributed by atoms with Gasteiger partial charge in [0.2, 0.25) is 11.8 Å². The lowest BCUT2D eigenvalue weighted by atomic mass is 9.96. The number of hydrogen-bond acceptors (Lipinski definition) is 3. The van der Waals surface area contributed by atoms with E-state index in [1.165, 1.54) is 5.56 Å². The summed E-state index contributed by atoms with van der Waals surface area (Å²) in [5.41, 5.74) is 2.33. The van der Waals surface area contributed by atoms with Crippen molar-refractivity contribution in [3.8, 4) is 0 Å². The number of piperidine rings is 1. The number of amides is 2. The molecule has 5 nitrogen and oxygen atoms in total. The van der Waals surface area contributed by atoms with Crippen molar-refractivity contribution in [1.82, 2.24) is 15.5 Å². The van der Waals surface area contributed by atoms with E-state index in [0.29, 0.717) is 13.1 Å². The summed E-state index contributed by atoms with van der Waals surface area (Å²) in [7, 11) is 0. The predicted molar refractivity (Wildman–Crippen MR) is 95.5 cm³/mol. The van der Waals surface area contributed by atoms with E-state index in [2.05, 4.69) is 41.5 Å². The lowest BCUT2D eigenvalue weighted by Crippen LogP contribution is -2.44. The van der Waals surface area contributed by atoms with Crippen LogP contribution in [-0.4, -0.2) is 42.9 Å². The molecule has 0 radical (unpaired) electrons. The van der Waals surface area contributed by atoms with Gasteiger partial charge >= 0.3 is 0 Å². The molecule has 24 heavy (non-hydrogen) atoms. The zero-order chi connectivity index (χ0) is 17.4. The molecule has 2 amide bonds. The van der Waals surface area contributed by atoms with Crippen molar-refractivity contribution in [2.75, 3.05) is 26.2 Å². The van der Waals surface area contributed by atoms with Gasteiger partial charge in [-0.2, -0.15) is 0 Å². The van der Waals surface area contributed by atoms with Crippen LogP contribution in [0.3, 0.4) is 0 Å². The molecule has 0 bridgehead atoms. The van der Waals surface area contributed by atoms with Crippen LogP contribution in [-0.2, 0) is 16.1 Å². The van der Waals surface area contributed by atoms with Gasteiger partial charge in [-0.05, 0) is 44.8 Å². The Labute approximate surface area is 144 Å². The van der Waals surface area contributed by atoms with Crippen molar-refractivity contribution in [3.05, 3.63) is 35.4 Å². The topological polar surface area (TPSA) is 61.4 Å². The molecule has 0 aliphatic carbocycles. The van der Waals surface area contributed by atoms with E-state index in [4.69, 9.17) is 0 Å². The third-order valence-electron chi connectivity index (χ3n) is 4.49. The highest BCUT2D eigenvalue weighted by Crippen LogP contribution is 2.17. The number of nitrogens with one attached hydrogen (secondary N) is 2. The van der Waals surface area contributed by atoms with Crippen molar-refractivity contribution in [1.29, 1.82) is 0 Å². The molecular weight excluding hydrogens is 302 g/mol. The second-order valence-corrected chi connectivity index (χ2v) is 6.60. The highest BCUT2D eigenvalue weighted by Gasteiger charge is 2.25. The zero-order valence-corrected chi connectivity index (χ0v) is 14.8. The van der Waals surface area contributed by atoms with Crippen LogP contribution in [0, 0.1) is 12.8 Å². The lowest BCUT2D eigenvalue weighted by molar-refractivity contribution is -0.126. The van der Waals surface area contributed by atoms with E-state index in [-0.39, 0.29) is 17.7 Å². The molecule has 132 valence electrons. The first kappa shape index (κ1) is 18.5. The second-order valence-electron chi connectivity index (χ2n) is 6.60. The Bertz CT molecular complexity index is 534. The van der Waals surface area contributed by atoms with Gasteiger partial charge in [0.25, 0.3) is 0 Å². The minimum absolute atomic E-state index is 0.0458. The molecular formula is C19H29N3O2. The standard InChI is InChI=1S/C19H29N3O2/c1-3-10-20-19(24)17-8-11-22(12-9-17)14-18(23)21-13-16-6-4-15(2)5-7-16/h4-7,17H,3,8-14H2,1-2H3,(H,20,24)(H,21,23). The Morgan fingerprint density at radius 3 is 2.42 bits per heavy atom. The van der Waals surface area contributed by atoms with Crippen LogP contribution < -0.4 is 10.6 Å². The van der Waals surface area contributed by atoms with Gasteiger partial charge in [0.05, 0.1) is 6.54 Å². The van der Waals surface area contributed by atoms with Gasteiger partial charge in [0.15, 0.2) is 0 Å². The Morgan fingerprint density at radius 1 is 1.12 bits per heavy atom. The van der Waals surface area contributed by atoms with Gasteiger partial charge in [-0.3, -0.25) is 14.5 Å². The van der Waals surface area contributed by atoms with Crippen molar-refractivity contribution >= 4 is 11.8 Å². The summed E-state index contributed by atoms with van der Waals surface area (Å²) in [4.78, 5) is 26.2. The molecule has 0 spiro atoms. The molecule has 1 heterocycles. The highest BCUT2D eigenvalue weighted by atomic mass is 16.2. The van der Waals surface area contributed by atoms with Crippen molar-refractivity contribution in [2.45, 2.75) is 39.7 Å². The Kier molecular flexibility index (Phi) is 7.25. The second kappa shape index (κ2) is 9.42. The molecule has 0 saturated carbocycles. The maximum Gasteiger partial charge on any atom is 0.234 e. The fourth-order valence-corrected chi connectivity index (χ4v) is 2.91. The van der Waals surface area contributed by atoms with Crippen LogP contribution in [0.2, 0.25) is 0 Å². The van der Waals surface area contributed by atoms with Gasteiger partial charge in [-0.25, -0.2) is 0 Å². The monoisotopic (exact) mass is 331 g/mol. The van der Waals surface area contributed by atoms with E-state index in [1.54, 1.807) is 0 Å². The number of carbonyl (C=O) groups is 2. The Hall–Kier alpha value is -1.88. The Morgan fingerprint density at radius 2 is 1.79 bits per heavy atom. The quantitative estimate of drug-likeness (QED) is 0.801. The van der Waals surface area contributed by atoms with Gasteiger partial charge in [0, 0.05) is 19.0 Å². The Balaban J connectivity index is 1.66. The summed E-state index contributed by atoms with van der Waals surface area (Å²) < 4.78 is 0. The normalized spacial score (nSPS) is 15.9. The minimum Gasteiger partial charge on any atom is -0.356 e. The van der Waals surface area contributed by atoms with E-state index in [1.807, 2.05) is 12.1 Å². The van der Waals surface area contributed by atoms with Crippen molar-refractivity contribution in [2.24, 2.45) is 5.92 Å². The summed E-state index contributed by atoms with van der Waals surface area (Å²) in [5.74, 6) is 0.313. The lowest BCUT2D eigenvalue weighted by Gasteiger charge is -2.30. The first-order chi connectivity index (χ1) is 11.6. The summed E-state index contributed by atoms with van der Waals surface area (Å²) in [6.45, 7) is 7.45. The molecule has 1 saturated heterocycles. The predicted octanol–water partition coefficient (Wildman–Crippen LogP) is 1.85. The van der Waals surface area contributed by atoms with Gasteiger partial charge in [-0.1, -0.05) is 36.8 Å². The van der Waals surface area contributed by atoms with E-state index in [9.17, 15) is 9.59 Å². The molecule has 1 aliphatic rings. The molecule has 0 aromatic heterocycles. The number of hydrogen-bond donors (Lipinski definition) is 2. The average molecular weight is 331 g/mol. The van der Waals surface area contributed by atoms with Gasteiger partial charge < -0.3 is 10.6 Å². The summed E-state index contributed by atoms with van der Waals surface area (Å²) in [6.07, 6.45) is 2.63. The van der Waals surface area contributed by atoms with Gasteiger partial charge in [-0.15, -0.1) is 0 Å². The highest BCUT2D eigenvalue weighted by molar-refractivity contribution is 5.79. The van der Waals surface area contributed by atoms with E-state index >= 15 is 0 Å². The van der Waals surface area contributed by atoms with Crippen molar-refractivity contribution in [3.63, 3.8) is 0 Å². The largest absolute Gasteiger partial charge is 0.356 e. The summed E-state index contributed by atoms with van der Waals surface area (Å²) in [6, 6.07) is 8.18. The summed E-state index contributed by atoms with van der Waals surface area (Å²) >= 11 is 0. The zero-order valence-electron chi connectivity index (χ0n) is 14.8. The molecule has 1 aromatic carbocycles. The maximum atomic E-state index is 12.1. The molecule has 1 aliphatic heterocycles. The van der Waals surface area contributed by atoms with Crippen LogP contribution in [0.5, 0.6) is 0 Å². The number of aryl methyl sites for hydroxylation is 1. The van der Waals surface area contributed by atoms with Crippen molar-refractivity contribution < 1.29 is 9.59 Å². The number of likely N-dealkylation sites (tertiary alicyclic amines) is 1. The third-order valence-corrected chi connectivity index (χ3v) is 4.49. The molecule has 0 unspecified atom stereocenters. The minimum atomic E-state index is 0.0458. The smallest absolute Gasteiger partial charge is 0.234 e. The van der Waals surface area contributed by atoms with Crippen LogP contribution >= 0.6 is 0 Å². The first-order valence-corrected chi connectivity index (χ1v) is 8.90. The van der Waals surface area contributed by atoms with Crippen LogP contribution in [0.1, 0.15) is 37.3 Å². The van der Waals surface area contributed by atoms with Crippen LogP contribution in [0.25, 0.3) is 0 Å². The van der Waals surface area contributed by atoms with Crippen LogP contribution in [0.15, 0.2) is 24.3 Å². The van der Waals surface area contributed by atoms with Gasteiger partial charge in [0.1, 0.15) is 0 Å². The van der Waals surface area contributed by atoms with E-state index in [0.717, 1.165) is 44.5 Å². The SMILES string of the molecule is CCCNC(=O)C1CCN(CC(=O)NCc2ccc(C)cc2)CC1. The molecule has 2 N–H and O–H groups in total. The molecule has 0 atom stereocenters. The van der Waals surface area contributed by atoms with Crippen LogP contribution in [0.4, 0.5) is 0 Å². The fraction of sp³-hybridized carbons (Fsp3) is 0.579. The molecule has 1 aromatic rings.